The molecule has 3 rings (SSSR count). The van der Waals surface area contributed by atoms with Gasteiger partial charge in [0, 0.05) is 32.2 Å². The van der Waals surface area contributed by atoms with Crippen LogP contribution >= 0.6 is 0 Å². The van der Waals surface area contributed by atoms with Crippen LogP contribution in [0.25, 0.3) is 0 Å². The van der Waals surface area contributed by atoms with E-state index in [0.29, 0.717) is 6.42 Å². The van der Waals surface area contributed by atoms with E-state index in [1.165, 1.54) is 21.3 Å². The molecule has 2 aliphatic rings. The lowest BCUT2D eigenvalue weighted by Gasteiger charge is -2.34. The first-order valence-electron chi connectivity index (χ1n) is 8.64. The van der Waals surface area contributed by atoms with Crippen LogP contribution in [0, 0.1) is 6.92 Å². The predicted molar refractivity (Wildman–Crippen MR) is 98.8 cm³/mol. The molecule has 0 aromatic heterocycles. The topological polar surface area (TPSA) is 124 Å². The summed E-state index contributed by atoms with van der Waals surface area (Å²) in [7, 11) is -6.94. The second-order valence-electron chi connectivity index (χ2n) is 6.91. The van der Waals surface area contributed by atoms with E-state index in [0.717, 1.165) is 5.56 Å². The summed E-state index contributed by atoms with van der Waals surface area (Å²) in [5, 5.41) is 12.6. The number of phenols is 1. The number of aromatic hydroxyl groups is 1. The molecule has 9 nitrogen and oxygen atoms in total. The van der Waals surface area contributed by atoms with Crippen molar-refractivity contribution in [3.8, 4) is 5.75 Å². The van der Waals surface area contributed by atoms with Crippen LogP contribution in [0.15, 0.2) is 23.1 Å². The number of sulfonamides is 1. The number of phenolic OH excluding ortho intramolecular Hbond substituents is 1. The van der Waals surface area contributed by atoms with Crippen LogP contribution in [-0.4, -0.2) is 80.9 Å². The average Bonchev–Trinajstić information content (AvgIpc) is 2.95. The highest BCUT2D eigenvalue weighted by molar-refractivity contribution is 7.91. The van der Waals surface area contributed by atoms with E-state index in [4.69, 9.17) is 0 Å². The maximum Gasteiger partial charge on any atom is 0.317 e. The zero-order chi connectivity index (χ0) is 19.8. The number of rotatable bonds is 3. The number of amides is 2. The average molecular weight is 418 g/mol. The number of aryl methyl sites for hydroxylation is 1. The fraction of sp³-hybridized carbons (Fsp3) is 0.562. The zero-order valence-electron chi connectivity index (χ0n) is 15.0. The van der Waals surface area contributed by atoms with Crippen molar-refractivity contribution in [2.24, 2.45) is 0 Å². The van der Waals surface area contributed by atoms with Gasteiger partial charge < -0.3 is 15.3 Å². The molecule has 150 valence electrons. The molecule has 2 aliphatic heterocycles. The molecule has 1 unspecified atom stereocenters. The standard InChI is InChI=1S/C16H23N3O6S2/c1-12-2-3-14(20)15(10-12)27(24,25)19-7-5-18(6-8-19)16(21)17-13-4-9-26(22,23)11-13/h2-3,10,13,20H,4-9,11H2,1H3,(H,17,21). The molecule has 2 N–H and O–H groups in total. The largest absolute Gasteiger partial charge is 0.507 e. The Bertz CT molecular complexity index is 937. The first kappa shape index (κ1) is 19.9. The number of hydrogen-bond acceptors (Lipinski definition) is 6. The summed E-state index contributed by atoms with van der Waals surface area (Å²) in [5.41, 5.74) is 0.718. The number of nitrogens with zero attached hydrogens (tertiary/aromatic N) is 2. The van der Waals surface area contributed by atoms with Gasteiger partial charge in [0.25, 0.3) is 0 Å². The molecule has 1 aromatic carbocycles. The number of carbonyl (C=O) groups excluding carboxylic acids is 1. The lowest BCUT2D eigenvalue weighted by atomic mass is 10.2. The highest BCUT2D eigenvalue weighted by Gasteiger charge is 2.34. The van der Waals surface area contributed by atoms with Crippen molar-refractivity contribution in [1.82, 2.24) is 14.5 Å². The number of carbonyl (C=O) groups is 1. The Morgan fingerprint density at radius 3 is 2.48 bits per heavy atom. The number of sulfone groups is 1. The van der Waals surface area contributed by atoms with Gasteiger partial charge in [-0.1, -0.05) is 6.07 Å². The molecule has 2 heterocycles. The van der Waals surface area contributed by atoms with E-state index in [2.05, 4.69) is 5.32 Å². The Kier molecular flexibility index (Phi) is 5.37. The molecular weight excluding hydrogens is 394 g/mol. The van der Waals surface area contributed by atoms with Crippen LogP contribution in [0.2, 0.25) is 0 Å². The van der Waals surface area contributed by atoms with Crippen molar-refractivity contribution < 1.29 is 26.7 Å². The predicted octanol–water partition coefficient (Wildman–Crippen LogP) is -0.0964. The zero-order valence-corrected chi connectivity index (χ0v) is 16.6. The Morgan fingerprint density at radius 2 is 1.89 bits per heavy atom. The number of nitrogens with one attached hydrogen (secondary N) is 1. The Labute approximate surface area is 158 Å². The second-order valence-corrected chi connectivity index (χ2v) is 11.0. The summed E-state index contributed by atoms with van der Waals surface area (Å²) in [6.07, 6.45) is 0.398. The minimum absolute atomic E-state index is 0.0558. The molecule has 11 heteroatoms. The summed E-state index contributed by atoms with van der Waals surface area (Å²) in [6, 6.07) is 3.62. The summed E-state index contributed by atoms with van der Waals surface area (Å²) in [5.74, 6) is -0.285. The smallest absolute Gasteiger partial charge is 0.317 e. The highest BCUT2D eigenvalue weighted by atomic mass is 32.2. The van der Waals surface area contributed by atoms with Crippen LogP contribution in [0.3, 0.4) is 0 Å². The molecule has 1 atom stereocenters. The van der Waals surface area contributed by atoms with Crippen LogP contribution < -0.4 is 5.32 Å². The normalized spacial score (nSPS) is 23.3. The van der Waals surface area contributed by atoms with E-state index in [1.807, 2.05) is 0 Å². The van der Waals surface area contributed by atoms with Gasteiger partial charge in [-0.15, -0.1) is 0 Å². The van der Waals surface area contributed by atoms with Crippen molar-refractivity contribution in [1.29, 1.82) is 0 Å². The van der Waals surface area contributed by atoms with Gasteiger partial charge >= 0.3 is 6.03 Å². The quantitative estimate of drug-likeness (QED) is 0.708. The van der Waals surface area contributed by atoms with Gasteiger partial charge in [-0.05, 0) is 31.0 Å². The van der Waals surface area contributed by atoms with Crippen molar-refractivity contribution in [2.45, 2.75) is 24.3 Å². The molecule has 0 bridgehead atoms. The third-order valence-corrected chi connectivity index (χ3v) is 8.51. The van der Waals surface area contributed by atoms with E-state index in [1.54, 1.807) is 13.0 Å². The van der Waals surface area contributed by atoms with Crippen LogP contribution in [0.1, 0.15) is 12.0 Å². The third-order valence-electron chi connectivity index (χ3n) is 4.82. The van der Waals surface area contributed by atoms with Gasteiger partial charge in [0.05, 0.1) is 11.5 Å². The third kappa shape index (κ3) is 4.36. The maximum absolute atomic E-state index is 12.8. The molecule has 0 spiro atoms. The van der Waals surface area contributed by atoms with Gasteiger partial charge in [0.2, 0.25) is 10.0 Å². The van der Waals surface area contributed by atoms with E-state index in [-0.39, 0.29) is 54.4 Å². The Morgan fingerprint density at radius 1 is 1.22 bits per heavy atom. The molecule has 0 saturated carbocycles. The number of urea groups is 1. The monoisotopic (exact) mass is 417 g/mol. The summed E-state index contributed by atoms with van der Waals surface area (Å²) >= 11 is 0. The minimum atomic E-state index is -3.86. The molecule has 2 fully saturated rings. The van der Waals surface area contributed by atoms with Crippen molar-refractivity contribution in [3.63, 3.8) is 0 Å². The van der Waals surface area contributed by atoms with Crippen molar-refractivity contribution in [3.05, 3.63) is 23.8 Å². The van der Waals surface area contributed by atoms with Gasteiger partial charge in [-0.2, -0.15) is 4.31 Å². The first-order valence-corrected chi connectivity index (χ1v) is 11.9. The number of benzene rings is 1. The Balaban J connectivity index is 1.61. The van der Waals surface area contributed by atoms with E-state index >= 15 is 0 Å². The summed E-state index contributed by atoms with van der Waals surface area (Å²) in [4.78, 5) is 13.6. The van der Waals surface area contributed by atoms with Gasteiger partial charge in [-0.3, -0.25) is 0 Å². The first-order chi connectivity index (χ1) is 12.6. The van der Waals surface area contributed by atoms with Gasteiger partial charge in [-0.25, -0.2) is 21.6 Å². The molecular formula is C16H23N3O6S2. The fourth-order valence-electron chi connectivity index (χ4n) is 3.27. The van der Waals surface area contributed by atoms with Gasteiger partial charge in [0.15, 0.2) is 9.84 Å². The lowest BCUT2D eigenvalue weighted by Crippen LogP contribution is -2.54. The number of hydrogen-bond donors (Lipinski definition) is 2. The second kappa shape index (κ2) is 7.28. The molecule has 0 radical (unpaired) electrons. The van der Waals surface area contributed by atoms with Crippen LogP contribution in [0.5, 0.6) is 5.75 Å². The maximum atomic E-state index is 12.8. The van der Waals surface area contributed by atoms with E-state index < -0.39 is 25.9 Å². The Hall–Kier alpha value is -1.85. The van der Waals surface area contributed by atoms with Crippen LogP contribution in [-0.2, 0) is 19.9 Å². The SMILES string of the molecule is Cc1ccc(O)c(S(=O)(=O)N2CCN(C(=O)NC3CCS(=O)(=O)C3)CC2)c1. The minimum Gasteiger partial charge on any atom is -0.507 e. The van der Waals surface area contributed by atoms with Gasteiger partial charge in [0.1, 0.15) is 10.6 Å². The van der Waals surface area contributed by atoms with Crippen LogP contribution in [0.4, 0.5) is 4.79 Å². The lowest BCUT2D eigenvalue weighted by molar-refractivity contribution is 0.169. The molecule has 1 aromatic rings. The summed E-state index contributed by atoms with van der Waals surface area (Å²) < 4.78 is 49.7. The van der Waals surface area contributed by atoms with Crippen molar-refractivity contribution in [2.75, 3.05) is 37.7 Å². The molecule has 0 aliphatic carbocycles. The van der Waals surface area contributed by atoms with E-state index in [9.17, 15) is 26.7 Å². The number of piperazine rings is 1. The highest BCUT2D eigenvalue weighted by Crippen LogP contribution is 2.27. The summed E-state index contributed by atoms with van der Waals surface area (Å²) in [6.45, 7) is 2.33. The fourth-order valence-corrected chi connectivity index (χ4v) is 6.54. The molecule has 27 heavy (non-hydrogen) atoms. The molecule has 2 amide bonds. The van der Waals surface area contributed by atoms with Crippen molar-refractivity contribution >= 4 is 25.9 Å². The molecule has 2 saturated heterocycles.